The number of anilines is 2. The fourth-order valence-corrected chi connectivity index (χ4v) is 3.21. The normalized spacial score (nSPS) is 11.1. The van der Waals surface area contributed by atoms with Crippen molar-refractivity contribution < 1.29 is 4.79 Å². The Kier molecular flexibility index (Phi) is 5.76. The van der Waals surface area contributed by atoms with Gasteiger partial charge in [0.05, 0.1) is 5.69 Å². The van der Waals surface area contributed by atoms with Gasteiger partial charge < -0.3 is 19.5 Å². The van der Waals surface area contributed by atoms with Crippen LogP contribution in [0.25, 0.3) is 5.65 Å². The van der Waals surface area contributed by atoms with E-state index in [0.29, 0.717) is 12.2 Å². The number of rotatable bonds is 7. The minimum absolute atomic E-state index is 0.189. The standard InChI is InChI=1S/C21H27N5O/c1-5-25(6-2)17-12-10-16(11-13-17)22-21(27)20-18(15-24(3)4)26-14-8-7-9-19(26)23-20/h7-14H,5-6,15H2,1-4H3,(H,22,27). The molecule has 2 aromatic heterocycles. The molecule has 0 aliphatic rings. The van der Waals surface area contributed by atoms with Crippen LogP contribution < -0.4 is 10.2 Å². The number of pyridine rings is 1. The van der Waals surface area contributed by atoms with E-state index >= 15 is 0 Å². The first-order chi connectivity index (χ1) is 13.0. The molecule has 0 saturated carbocycles. The summed E-state index contributed by atoms with van der Waals surface area (Å²) < 4.78 is 1.97. The maximum absolute atomic E-state index is 12.9. The maximum atomic E-state index is 12.9. The summed E-state index contributed by atoms with van der Waals surface area (Å²) >= 11 is 0. The van der Waals surface area contributed by atoms with Crippen molar-refractivity contribution >= 4 is 22.9 Å². The molecule has 0 aliphatic heterocycles. The lowest BCUT2D eigenvalue weighted by Gasteiger charge is -2.21. The summed E-state index contributed by atoms with van der Waals surface area (Å²) in [5.74, 6) is -0.189. The molecule has 0 atom stereocenters. The highest BCUT2D eigenvalue weighted by Gasteiger charge is 2.19. The van der Waals surface area contributed by atoms with Crippen LogP contribution >= 0.6 is 0 Å². The molecule has 0 fully saturated rings. The van der Waals surface area contributed by atoms with Gasteiger partial charge >= 0.3 is 0 Å². The summed E-state index contributed by atoms with van der Waals surface area (Å²) in [5, 5.41) is 2.98. The van der Waals surface area contributed by atoms with Crippen LogP contribution in [0.5, 0.6) is 0 Å². The Balaban J connectivity index is 1.86. The molecule has 0 radical (unpaired) electrons. The Morgan fingerprint density at radius 3 is 2.41 bits per heavy atom. The molecular formula is C21H27N5O. The number of benzene rings is 1. The highest BCUT2D eigenvalue weighted by Crippen LogP contribution is 2.20. The molecule has 142 valence electrons. The van der Waals surface area contributed by atoms with Crippen LogP contribution in [0.4, 0.5) is 11.4 Å². The molecule has 3 rings (SSSR count). The van der Waals surface area contributed by atoms with E-state index in [-0.39, 0.29) is 5.91 Å². The molecule has 6 heteroatoms. The van der Waals surface area contributed by atoms with Gasteiger partial charge in [-0.15, -0.1) is 0 Å². The average Bonchev–Trinajstić information content (AvgIpc) is 3.02. The lowest BCUT2D eigenvalue weighted by Crippen LogP contribution is -2.22. The van der Waals surface area contributed by atoms with Crippen molar-refractivity contribution in [3.63, 3.8) is 0 Å². The first kappa shape index (κ1) is 18.9. The van der Waals surface area contributed by atoms with E-state index in [9.17, 15) is 4.79 Å². The van der Waals surface area contributed by atoms with Gasteiger partial charge in [0.2, 0.25) is 0 Å². The van der Waals surface area contributed by atoms with Crippen LogP contribution in [-0.2, 0) is 6.54 Å². The van der Waals surface area contributed by atoms with Gasteiger partial charge in [-0.2, -0.15) is 0 Å². The molecule has 1 N–H and O–H groups in total. The minimum Gasteiger partial charge on any atom is -0.372 e. The van der Waals surface area contributed by atoms with Crippen molar-refractivity contribution in [2.45, 2.75) is 20.4 Å². The van der Waals surface area contributed by atoms with Gasteiger partial charge in [-0.05, 0) is 64.3 Å². The van der Waals surface area contributed by atoms with Crippen LogP contribution in [-0.4, -0.2) is 47.4 Å². The van der Waals surface area contributed by atoms with E-state index in [1.54, 1.807) is 0 Å². The molecule has 0 bridgehead atoms. The highest BCUT2D eigenvalue weighted by atomic mass is 16.1. The zero-order chi connectivity index (χ0) is 19.4. The smallest absolute Gasteiger partial charge is 0.276 e. The topological polar surface area (TPSA) is 52.9 Å². The van der Waals surface area contributed by atoms with Crippen LogP contribution in [0.15, 0.2) is 48.7 Å². The minimum atomic E-state index is -0.189. The Hall–Kier alpha value is -2.86. The van der Waals surface area contributed by atoms with Crippen molar-refractivity contribution in [2.24, 2.45) is 0 Å². The molecule has 1 amide bonds. The van der Waals surface area contributed by atoms with Gasteiger partial charge in [0, 0.05) is 37.2 Å². The van der Waals surface area contributed by atoms with Gasteiger partial charge in [-0.25, -0.2) is 4.98 Å². The third kappa shape index (κ3) is 4.11. The predicted molar refractivity (Wildman–Crippen MR) is 111 cm³/mol. The number of amides is 1. The number of imidazole rings is 1. The Bertz CT molecular complexity index is 910. The quantitative estimate of drug-likeness (QED) is 0.696. The van der Waals surface area contributed by atoms with Gasteiger partial charge in [0.15, 0.2) is 5.69 Å². The molecule has 27 heavy (non-hydrogen) atoms. The second-order valence-corrected chi connectivity index (χ2v) is 6.75. The zero-order valence-corrected chi connectivity index (χ0v) is 16.4. The number of fused-ring (bicyclic) bond motifs is 1. The van der Waals surface area contributed by atoms with E-state index in [1.807, 2.05) is 72.1 Å². The molecule has 2 heterocycles. The van der Waals surface area contributed by atoms with E-state index in [4.69, 9.17) is 0 Å². The van der Waals surface area contributed by atoms with E-state index in [0.717, 1.165) is 35.8 Å². The number of nitrogens with one attached hydrogen (secondary N) is 1. The van der Waals surface area contributed by atoms with Crippen LogP contribution in [0, 0.1) is 0 Å². The molecular weight excluding hydrogens is 338 g/mol. The average molecular weight is 365 g/mol. The summed E-state index contributed by atoms with van der Waals surface area (Å²) in [6.45, 7) is 6.81. The molecule has 3 aromatic rings. The Morgan fingerprint density at radius 1 is 1.07 bits per heavy atom. The molecule has 1 aromatic carbocycles. The summed E-state index contributed by atoms with van der Waals surface area (Å²) in [6, 6.07) is 13.7. The van der Waals surface area contributed by atoms with Crippen LogP contribution in [0.1, 0.15) is 30.0 Å². The second kappa shape index (κ2) is 8.22. The largest absolute Gasteiger partial charge is 0.372 e. The molecule has 0 aliphatic carbocycles. The number of nitrogens with zero attached hydrogens (tertiary/aromatic N) is 4. The fourth-order valence-electron chi connectivity index (χ4n) is 3.21. The van der Waals surface area contributed by atoms with Crippen LogP contribution in [0.3, 0.4) is 0 Å². The van der Waals surface area contributed by atoms with Crippen molar-refractivity contribution in [1.82, 2.24) is 14.3 Å². The van der Waals surface area contributed by atoms with E-state index < -0.39 is 0 Å². The SMILES string of the molecule is CCN(CC)c1ccc(NC(=O)c2nc3ccccn3c2CN(C)C)cc1. The molecule has 0 saturated heterocycles. The monoisotopic (exact) mass is 365 g/mol. The van der Waals surface area contributed by atoms with E-state index in [2.05, 4.69) is 29.0 Å². The van der Waals surface area contributed by atoms with Crippen LogP contribution in [0.2, 0.25) is 0 Å². The third-order valence-corrected chi connectivity index (χ3v) is 4.56. The lowest BCUT2D eigenvalue weighted by molar-refractivity contribution is 0.102. The maximum Gasteiger partial charge on any atom is 0.276 e. The molecule has 6 nitrogen and oxygen atoms in total. The second-order valence-electron chi connectivity index (χ2n) is 6.75. The molecule has 0 unspecified atom stereocenters. The van der Waals surface area contributed by atoms with Crippen molar-refractivity contribution in [1.29, 1.82) is 0 Å². The van der Waals surface area contributed by atoms with Gasteiger partial charge in [0.1, 0.15) is 5.65 Å². The number of carbonyl (C=O) groups is 1. The number of hydrogen-bond acceptors (Lipinski definition) is 4. The lowest BCUT2D eigenvalue weighted by atomic mass is 10.2. The third-order valence-electron chi connectivity index (χ3n) is 4.56. The number of carbonyl (C=O) groups excluding carboxylic acids is 1. The first-order valence-electron chi connectivity index (χ1n) is 9.30. The van der Waals surface area contributed by atoms with E-state index in [1.165, 1.54) is 0 Å². The van der Waals surface area contributed by atoms with Crippen molar-refractivity contribution in [2.75, 3.05) is 37.4 Å². The zero-order valence-electron chi connectivity index (χ0n) is 16.4. The van der Waals surface area contributed by atoms with Gasteiger partial charge in [0.25, 0.3) is 5.91 Å². The fraction of sp³-hybridized carbons (Fsp3) is 0.333. The Labute approximate surface area is 160 Å². The van der Waals surface area contributed by atoms with Gasteiger partial charge in [-0.3, -0.25) is 4.79 Å². The highest BCUT2D eigenvalue weighted by molar-refractivity contribution is 6.04. The number of hydrogen-bond donors (Lipinski definition) is 1. The molecule has 0 spiro atoms. The first-order valence-corrected chi connectivity index (χ1v) is 9.30. The summed E-state index contributed by atoms with van der Waals surface area (Å²) in [4.78, 5) is 21.8. The summed E-state index contributed by atoms with van der Waals surface area (Å²) in [6.07, 6.45) is 1.94. The predicted octanol–water partition coefficient (Wildman–Crippen LogP) is 3.49. The van der Waals surface area contributed by atoms with Gasteiger partial charge in [-0.1, -0.05) is 6.07 Å². The summed E-state index contributed by atoms with van der Waals surface area (Å²) in [5.41, 5.74) is 4.04. The van der Waals surface area contributed by atoms with Crippen molar-refractivity contribution in [3.8, 4) is 0 Å². The number of aromatic nitrogens is 2. The summed E-state index contributed by atoms with van der Waals surface area (Å²) in [7, 11) is 3.96. The van der Waals surface area contributed by atoms with Crippen molar-refractivity contribution in [3.05, 3.63) is 60.0 Å². The Morgan fingerprint density at radius 2 is 1.78 bits per heavy atom.